The van der Waals surface area contributed by atoms with Crippen LogP contribution in [0.2, 0.25) is 0 Å². The second kappa shape index (κ2) is 9.10. The molecule has 0 unspecified atom stereocenters. The number of methoxy groups -OCH3 is 2. The first-order valence-corrected chi connectivity index (χ1v) is 10.8. The molecule has 0 saturated heterocycles. The number of thiophene rings is 1. The maximum absolute atomic E-state index is 9.26. The molecular formula is C22H14BrN5O3S. The Morgan fingerprint density at radius 2 is 1.62 bits per heavy atom. The molecule has 32 heavy (non-hydrogen) atoms. The molecule has 0 aliphatic heterocycles. The van der Waals surface area contributed by atoms with E-state index in [-0.39, 0.29) is 0 Å². The Kier molecular flexibility index (Phi) is 6.08. The van der Waals surface area contributed by atoms with Gasteiger partial charge in [-0.3, -0.25) is 0 Å². The Morgan fingerprint density at radius 3 is 2.22 bits per heavy atom. The van der Waals surface area contributed by atoms with Crippen LogP contribution in [0.5, 0.6) is 23.1 Å². The van der Waals surface area contributed by atoms with Crippen LogP contribution >= 0.6 is 27.3 Å². The van der Waals surface area contributed by atoms with Crippen molar-refractivity contribution in [2.45, 2.75) is 0 Å². The molecule has 0 amide bonds. The van der Waals surface area contributed by atoms with Crippen LogP contribution in [0.1, 0.15) is 11.1 Å². The smallest absolute Gasteiger partial charge is 0.242 e. The first-order chi connectivity index (χ1) is 15.6. The van der Waals surface area contributed by atoms with Gasteiger partial charge in [0.15, 0.2) is 11.5 Å². The third-order valence-electron chi connectivity index (χ3n) is 4.40. The Hall–Kier alpha value is -3.86. The topological polar surface area (TPSA) is 113 Å². The lowest BCUT2D eigenvalue weighted by Gasteiger charge is -2.15. The van der Waals surface area contributed by atoms with E-state index in [2.05, 4.69) is 43.4 Å². The number of nitriles is 2. The van der Waals surface area contributed by atoms with Crippen LogP contribution in [0.3, 0.4) is 0 Å². The summed E-state index contributed by atoms with van der Waals surface area (Å²) in [4.78, 5) is 9.12. The third-order valence-corrected chi connectivity index (χ3v) is 6.26. The molecule has 158 valence electrons. The minimum absolute atomic E-state index is 0.294. The molecule has 0 radical (unpaired) electrons. The van der Waals surface area contributed by atoms with E-state index in [0.717, 1.165) is 9.17 Å². The van der Waals surface area contributed by atoms with Gasteiger partial charge in [-0.1, -0.05) is 0 Å². The van der Waals surface area contributed by atoms with E-state index in [9.17, 15) is 5.26 Å². The molecule has 0 aliphatic carbocycles. The minimum Gasteiger partial charge on any atom is -0.493 e. The van der Waals surface area contributed by atoms with E-state index >= 15 is 0 Å². The van der Waals surface area contributed by atoms with Crippen LogP contribution in [0.25, 0.3) is 10.2 Å². The monoisotopic (exact) mass is 507 g/mol. The highest BCUT2D eigenvalue weighted by Crippen LogP contribution is 2.44. The number of rotatable bonds is 6. The number of nitrogens with zero attached hydrogens (tertiary/aromatic N) is 4. The predicted octanol–water partition coefficient (Wildman–Crippen LogP) is 5.75. The molecule has 1 N–H and O–H groups in total. The second-order valence-corrected chi connectivity index (χ2v) is 8.09. The fourth-order valence-corrected chi connectivity index (χ4v) is 4.38. The summed E-state index contributed by atoms with van der Waals surface area (Å²) in [6, 6.07) is 14.2. The van der Waals surface area contributed by atoms with E-state index in [1.165, 1.54) is 25.6 Å². The summed E-state index contributed by atoms with van der Waals surface area (Å²) in [6.07, 6.45) is 0. The molecule has 8 nitrogen and oxygen atoms in total. The van der Waals surface area contributed by atoms with Gasteiger partial charge in [-0.25, -0.2) is 4.98 Å². The zero-order valence-electron chi connectivity index (χ0n) is 16.8. The molecule has 0 saturated carbocycles. The van der Waals surface area contributed by atoms with Crippen molar-refractivity contribution in [3.63, 3.8) is 0 Å². The van der Waals surface area contributed by atoms with Gasteiger partial charge < -0.3 is 19.5 Å². The van der Waals surface area contributed by atoms with Gasteiger partial charge in [0.25, 0.3) is 0 Å². The van der Waals surface area contributed by atoms with Gasteiger partial charge in [-0.2, -0.15) is 15.5 Å². The highest BCUT2D eigenvalue weighted by atomic mass is 79.9. The summed E-state index contributed by atoms with van der Waals surface area (Å²) < 4.78 is 18.5. The fraction of sp³-hybridized carbons (Fsp3) is 0.0909. The number of benzene rings is 2. The third kappa shape index (κ3) is 4.14. The zero-order valence-corrected chi connectivity index (χ0v) is 19.2. The highest BCUT2D eigenvalue weighted by molar-refractivity contribution is 9.10. The van der Waals surface area contributed by atoms with Crippen molar-refractivity contribution < 1.29 is 14.2 Å². The molecule has 0 bridgehead atoms. The summed E-state index contributed by atoms with van der Waals surface area (Å²) in [7, 11) is 2.97. The van der Waals surface area contributed by atoms with Crippen LogP contribution in [0.15, 0.2) is 46.3 Å². The van der Waals surface area contributed by atoms with Crippen LogP contribution in [-0.2, 0) is 0 Å². The molecular weight excluding hydrogens is 494 g/mol. The minimum atomic E-state index is 0.294. The summed E-state index contributed by atoms with van der Waals surface area (Å²) in [6.45, 7) is 0. The van der Waals surface area contributed by atoms with Crippen LogP contribution in [-0.4, -0.2) is 24.2 Å². The lowest BCUT2D eigenvalue weighted by molar-refractivity contribution is 0.343. The molecule has 2 aromatic carbocycles. The van der Waals surface area contributed by atoms with Crippen molar-refractivity contribution in [2.24, 2.45) is 0 Å². The predicted molar refractivity (Wildman–Crippen MR) is 124 cm³/mol. The van der Waals surface area contributed by atoms with Gasteiger partial charge >= 0.3 is 0 Å². The van der Waals surface area contributed by atoms with Gasteiger partial charge in [0.1, 0.15) is 10.2 Å². The molecule has 10 heteroatoms. The molecule has 0 atom stereocenters. The summed E-state index contributed by atoms with van der Waals surface area (Å²) >= 11 is 4.94. The Morgan fingerprint density at radius 1 is 0.969 bits per heavy atom. The number of anilines is 2. The molecule has 2 aromatic heterocycles. The number of halogens is 1. The molecule has 0 aliphatic rings. The van der Waals surface area contributed by atoms with Crippen molar-refractivity contribution in [1.29, 1.82) is 10.5 Å². The normalized spacial score (nSPS) is 10.3. The SMILES string of the molecule is COc1cc(C#N)cc(OC)c1Oc1nc(Nc2ccc(C#N)cc2)nc2c(Br)csc12. The maximum atomic E-state index is 9.26. The lowest BCUT2D eigenvalue weighted by Crippen LogP contribution is -2.01. The molecule has 2 heterocycles. The molecule has 4 aromatic rings. The number of hydrogen-bond acceptors (Lipinski definition) is 9. The van der Waals surface area contributed by atoms with Gasteiger partial charge in [0.2, 0.25) is 17.6 Å². The van der Waals surface area contributed by atoms with Gasteiger partial charge in [-0.05, 0) is 40.2 Å². The van der Waals surface area contributed by atoms with Crippen molar-refractivity contribution >= 4 is 49.1 Å². The van der Waals surface area contributed by atoms with E-state index in [1.807, 2.05) is 5.38 Å². The first kappa shape index (κ1) is 21.4. The van der Waals surface area contributed by atoms with Crippen molar-refractivity contribution in [3.05, 3.63) is 57.4 Å². The van der Waals surface area contributed by atoms with Gasteiger partial charge in [-0.15, -0.1) is 11.3 Å². The quantitative estimate of drug-likeness (QED) is 0.350. The standard InChI is InChI=1S/C22H14BrN5O3S/c1-29-16-7-13(10-25)8-17(30-2)19(16)31-21-20-18(15(23)11-32-20)27-22(28-21)26-14-5-3-12(9-24)4-6-14/h3-8,11H,1-2H3,(H,26,27,28). The second-order valence-electron chi connectivity index (χ2n) is 6.35. The van der Waals surface area contributed by atoms with E-state index in [1.54, 1.807) is 36.4 Å². The van der Waals surface area contributed by atoms with E-state index in [0.29, 0.717) is 51.4 Å². The largest absolute Gasteiger partial charge is 0.493 e. The van der Waals surface area contributed by atoms with Gasteiger partial charge in [0.05, 0.1) is 42.0 Å². The number of aromatic nitrogens is 2. The summed E-state index contributed by atoms with van der Waals surface area (Å²) in [5.41, 5.74) is 2.31. The molecule has 4 rings (SSSR count). The van der Waals surface area contributed by atoms with Gasteiger partial charge in [0, 0.05) is 23.2 Å². The average molecular weight is 508 g/mol. The average Bonchev–Trinajstić information content (AvgIpc) is 3.20. The number of hydrogen-bond donors (Lipinski definition) is 1. The van der Waals surface area contributed by atoms with E-state index < -0.39 is 0 Å². The number of nitrogens with one attached hydrogen (secondary N) is 1. The van der Waals surface area contributed by atoms with Crippen molar-refractivity contribution in [3.8, 4) is 35.3 Å². The first-order valence-electron chi connectivity index (χ1n) is 9.12. The maximum Gasteiger partial charge on any atom is 0.242 e. The Balaban J connectivity index is 1.79. The van der Waals surface area contributed by atoms with Crippen LogP contribution in [0.4, 0.5) is 11.6 Å². The Bertz CT molecular complexity index is 1360. The fourth-order valence-electron chi connectivity index (χ4n) is 2.89. The summed E-state index contributed by atoms with van der Waals surface area (Å²) in [5, 5.41) is 23.3. The number of fused-ring (bicyclic) bond motifs is 1. The highest BCUT2D eigenvalue weighted by Gasteiger charge is 2.20. The lowest BCUT2D eigenvalue weighted by atomic mass is 10.2. The summed E-state index contributed by atoms with van der Waals surface area (Å²) in [5.74, 6) is 1.57. The van der Waals surface area contributed by atoms with Crippen molar-refractivity contribution in [1.82, 2.24) is 9.97 Å². The molecule has 0 fully saturated rings. The van der Waals surface area contributed by atoms with E-state index in [4.69, 9.17) is 19.5 Å². The number of ether oxygens (including phenoxy) is 3. The van der Waals surface area contributed by atoms with Crippen molar-refractivity contribution in [2.75, 3.05) is 19.5 Å². The zero-order chi connectivity index (χ0) is 22.7. The van der Waals surface area contributed by atoms with Crippen LogP contribution < -0.4 is 19.5 Å². The molecule has 0 spiro atoms. The van der Waals surface area contributed by atoms with Crippen LogP contribution in [0, 0.1) is 22.7 Å². The Labute approximate surface area is 195 Å².